The molecule has 19 heavy (non-hydrogen) atoms. The third-order valence-electron chi connectivity index (χ3n) is 4.04. The van der Waals surface area contributed by atoms with Crippen molar-refractivity contribution in [1.29, 1.82) is 0 Å². The molecule has 3 rings (SSSR count). The maximum absolute atomic E-state index is 5.79. The van der Waals surface area contributed by atoms with Crippen LogP contribution in [-0.2, 0) is 6.54 Å². The van der Waals surface area contributed by atoms with Gasteiger partial charge in [-0.15, -0.1) is 0 Å². The number of benzene rings is 1. The van der Waals surface area contributed by atoms with E-state index in [1.165, 1.54) is 17.2 Å². The molecular formula is C16H21N3. The van der Waals surface area contributed by atoms with Gasteiger partial charge >= 0.3 is 0 Å². The molecule has 0 saturated carbocycles. The average molecular weight is 255 g/mol. The summed E-state index contributed by atoms with van der Waals surface area (Å²) >= 11 is 0. The second-order valence-corrected chi connectivity index (χ2v) is 5.70. The van der Waals surface area contributed by atoms with Crippen molar-refractivity contribution in [3.05, 3.63) is 36.0 Å². The van der Waals surface area contributed by atoms with Gasteiger partial charge in [0, 0.05) is 24.5 Å². The van der Waals surface area contributed by atoms with Gasteiger partial charge in [0.05, 0.1) is 5.69 Å². The number of nitrogens with zero attached hydrogens (tertiary/aromatic N) is 2. The van der Waals surface area contributed by atoms with Gasteiger partial charge in [-0.25, -0.2) is 4.98 Å². The van der Waals surface area contributed by atoms with Gasteiger partial charge in [-0.2, -0.15) is 0 Å². The van der Waals surface area contributed by atoms with E-state index in [2.05, 4.69) is 49.1 Å². The number of hydrogen-bond donors (Lipinski definition) is 1. The minimum absolute atomic E-state index is 0.496. The molecule has 1 aromatic carbocycles. The Labute approximate surface area is 114 Å². The molecule has 3 nitrogen and oxygen atoms in total. The number of rotatable bonds is 2. The molecule has 1 fully saturated rings. The van der Waals surface area contributed by atoms with Crippen LogP contribution in [-0.4, -0.2) is 17.6 Å². The number of fused-ring (bicyclic) bond motifs is 1. The van der Waals surface area contributed by atoms with Gasteiger partial charge in [0.25, 0.3) is 0 Å². The second-order valence-electron chi connectivity index (χ2n) is 5.70. The minimum atomic E-state index is 0.496. The fourth-order valence-electron chi connectivity index (χ4n) is 3.15. The molecule has 2 N–H and O–H groups in total. The summed E-state index contributed by atoms with van der Waals surface area (Å²) in [6, 6.07) is 11.1. The van der Waals surface area contributed by atoms with Gasteiger partial charge < -0.3 is 10.6 Å². The van der Waals surface area contributed by atoms with Crippen molar-refractivity contribution in [3.8, 4) is 0 Å². The van der Waals surface area contributed by atoms with Crippen LogP contribution in [0.4, 0.5) is 5.82 Å². The molecule has 2 heterocycles. The molecule has 2 unspecified atom stereocenters. The fourth-order valence-corrected chi connectivity index (χ4v) is 3.15. The zero-order valence-corrected chi connectivity index (χ0v) is 11.6. The van der Waals surface area contributed by atoms with Crippen LogP contribution in [0.1, 0.15) is 26.0 Å². The summed E-state index contributed by atoms with van der Waals surface area (Å²) in [5.74, 6) is 1.84. The molecule has 0 spiro atoms. The SMILES string of the molecule is CC1CC(C)N(c2nc(CN)cc3ccccc23)C1. The number of pyridine rings is 1. The monoisotopic (exact) mass is 255 g/mol. The number of aromatic nitrogens is 1. The van der Waals surface area contributed by atoms with E-state index in [0.29, 0.717) is 12.6 Å². The van der Waals surface area contributed by atoms with E-state index in [4.69, 9.17) is 10.7 Å². The summed E-state index contributed by atoms with van der Waals surface area (Å²) < 4.78 is 0. The molecule has 0 aliphatic carbocycles. The van der Waals surface area contributed by atoms with E-state index in [0.717, 1.165) is 24.0 Å². The Morgan fingerprint density at radius 2 is 2.11 bits per heavy atom. The fraction of sp³-hybridized carbons (Fsp3) is 0.438. The number of anilines is 1. The van der Waals surface area contributed by atoms with Crippen molar-refractivity contribution in [2.75, 3.05) is 11.4 Å². The van der Waals surface area contributed by atoms with Crippen molar-refractivity contribution in [2.24, 2.45) is 11.7 Å². The summed E-state index contributed by atoms with van der Waals surface area (Å²) in [7, 11) is 0. The summed E-state index contributed by atoms with van der Waals surface area (Å²) in [5, 5.41) is 2.47. The number of nitrogens with two attached hydrogens (primary N) is 1. The predicted octanol–water partition coefficient (Wildman–Crippen LogP) is 2.93. The van der Waals surface area contributed by atoms with Crippen molar-refractivity contribution in [3.63, 3.8) is 0 Å². The molecule has 1 saturated heterocycles. The molecule has 100 valence electrons. The second kappa shape index (κ2) is 4.82. The van der Waals surface area contributed by atoms with E-state index in [9.17, 15) is 0 Å². The highest BCUT2D eigenvalue weighted by Gasteiger charge is 2.28. The van der Waals surface area contributed by atoms with Crippen LogP contribution in [0.25, 0.3) is 10.8 Å². The van der Waals surface area contributed by atoms with Gasteiger partial charge in [-0.05, 0) is 30.7 Å². The van der Waals surface area contributed by atoms with Crippen LogP contribution in [0.2, 0.25) is 0 Å². The molecule has 2 aromatic rings. The summed E-state index contributed by atoms with van der Waals surface area (Å²) in [4.78, 5) is 7.22. The van der Waals surface area contributed by atoms with Crippen LogP contribution in [0.5, 0.6) is 0 Å². The third-order valence-corrected chi connectivity index (χ3v) is 4.04. The highest BCUT2D eigenvalue weighted by atomic mass is 15.2. The predicted molar refractivity (Wildman–Crippen MR) is 80.2 cm³/mol. The molecule has 1 aromatic heterocycles. The maximum atomic E-state index is 5.79. The first-order chi connectivity index (χ1) is 9.19. The molecule has 2 atom stereocenters. The van der Waals surface area contributed by atoms with Gasteiger partial charge in [0.15, 0.2) is 0 Å². The summed E-state index contributed by atoms with van der Waals surface area (Å²) in [5.41, 5.74) is 6.76. The molecular weight excluding hydrogens is 234 g/mol. The van der Waals surface area contributed by atoms with Crippen LogP contribution in [0.3, 0.4) is 0 Å². The highest BCUT2D eigenvalue weighted by molar-refractivity contribution is 5.92. The first-order valence-corrected chi connectivity index (χ1v) is 7.04. The summed E-state index contributed by atoms with van der Waals surface area (Å²) in [6.45, 7) is 6.18. The standard InChI is InChI=1S/C16H21N3/c1-11-7-12(2)19(10-11)16-15-6-4-3-5-13(15)8-14(9-17)18-16/h3-6,8,11-12H,7,9-10,17H2,1-2H3. The van der Waals surface area contributed by atoms with Gasteiger partial charge in [0.1, 0.15) is 5.82 Å². The molecule has 0 bridgehead atoms. The Hall–Kier alpha value is -1.61. The molecule has 3 heteroatoms. The lowest BCUT2D eigenvalue weighted by Gasteiger charge is -2.24. The lowest BCUT2D eigenvalue weighted by atomic mass is 10.1. The molecule has 0 radical (unpaired) electrons. The lowest BCUT2D eigenvalue weighted by molar-refractivity contribution is 0.625. The normalized spacial score (nSPS) is 23.2. The zero-order chi connectivity index (χ0) is 13.4. The smallest absolute Gasteiger partial charge is 0.137 e. The lowest BCUT2D eigenvalue weighted by Crippen LogP contribution is -2.28. The van der Waals surface area contributed by atoms with E-state index in [-0.39, 0.29) is 0 Å². The van der Waals surface area contributed by atoms with E-state index in [1.54, 1.807) is 0 Å². The van der Waals surface area contributed by atoms with Gasteiger partial charge in [-0.3, -0.25) is 0 Å². The van der Waals surface area contributed by atoms with Crippen molar-refractivity contribution >= 4 is 16.6 Å². The van der Waals surface area contributed by atoms with Gasteiger partial charge in [-0.1, -0.05) is 31.2 Å². The van der Waals surface area contributed by atoms with E-state index in [1.807, 2.05) is 0 Å². The topological polar surface area (TPSA) is 42.2 Å². The Morgan fingerprint density at radius 1 is 1.32 bits per heavy atom. The molecule has 1 aliphatic heterocycles. The van der Waals surface area contributed by atoms with Crippen LogP contribution in [0.15, 0.2) is 30.3 Å². The number of hydrogen-bond acceptors (Lipinski definition) is 3. The van der Waals surface area contributed by atoms with Crippen LogP contribution in [0, 0.1) is 5.92 Å². The third kappa shape index (κ3) is 2.19. The van der Waals surface area contributed by atoms with Crippen molar-refractivity contribution in [1.82, 2.24) is 4.98 Å². The van der Waals surface area contributed by atoms with Crippen LogP contribution >= 0.6 is 0 Å². The van der Waals surface area contributed by atoms with Crippen molar-refractivity contribution in [2.45, 2.75) is 32.9 Å². The Kier molecular flexibility index (Phi) is 3.15. The molecule has 1 aliphatic rings. The highest BCUT2D eigenvalue weighted by Crippen LogP contribution is 2.32. The van der Waals surface area contributed by atoms with Gasteiger partial charge in [0.2, 0.25) is 0 Å². The Balaban J connectivity index is 2.16. The van der Waals surface area contributed by atoms with E-state index < -0.39 is 0 Å². The van der Waals surface area contributed by atoms with Crippen molar-refractivity contribution < 1.29 is 0 Å². The van der Waals surface area contributed by atoms with Crippen LogP contribution < -0.4 is 10.6 Å². The molecule has 0 amide bonds. The maximum Gasteiger partial charge on any atom is 0.137 e. The Bertz CT molecular complexity index is 594. The zero-order valence-electron chi connectivity index (χ0n) is 11.6. The Morgan fingerprint density at radius 3 is 2.79 bits per heavy atom. The first-order valence-electron chi connectivity index (χ1n) is 7.04. The quantitative estimate of drug-likeness (QED) is 0.897. The summed E-state index contributed by atoms with van der Waals surface area (Å²) in [6.07, 6.45) is 1.24. The first kappa shape index (κ1) is 12.4. The average Bonchev–Trinajstić information content (AvgIpc) is 2.76. The van der Waals surface area contributed by atoms with E-state index >= 15 is 0 Å². The minimum Gasteiger partial charge on any atom is -0.353 e. The largest absolute Gasteiger partial charge is 0.353 e.